The highest BCUT2D eigenvalue weighted by Gasteiger charge is 2.34. The molecule has 7 nitrogen and oxygen atoms in total. The van der Waals surface area contributed by atoms with Gasteiger partial charge in [0.25, 0.3) is 5.91 Å². The summed E-state index contributed by atoms with van der Waals surface area (Å²) in [6.45, 7) is 2.16. The molecule has 0 bridgehead atoms. The number of hydrogen-bond donors (Lipinski definition) is 1. The van der Waals surface area contributed by atoms with Crippen LogP contribution in [0.5, 0.6) is 5.75 Å². The van der Waals surface area contributed by atoms with Gasteiger partial charge in [-0.1, -0.05) is 0 Å². The normalized spacial score (nSPS) is 17.9. The number of aromatic nitrogens is 2. The summed E-state index contributed by atoms with van der Waals surface area (Å²) in [5.41, 5.74) is 1.50. The highest BCUT2D eigenvalue weighted by molar-refractivity contribution is 5.85. The monoisotopic (exact) mass is 303 g/mol. The second kappa shape index (κ2) is 5.67. The van der Waals surface area contributed by atoms with Crippen molar-refractivity contribution in [2.24, 2.45) is 0 Å². The number of aliphatic carboxylic acids is 1. The molecule has 3 rings (SSSR count). The minimum absolute atomic E-state index is 0.185. The fraction of sp³-hybridized carbons (Fsp3) is 0.400. The van der Waals surface area contributed by atoms with Crippen LogP contribution < -0.4 is 4.74 Å². The second-order valence-electron chi connectivity index (χ2n) is 5.36. The summed E-state index contributed by atoms with van der Waals surface area (Å²) in [4.78, 5) is 29.0. The van der Waals surface area contributed by atoms with Gasteiger partial charge >= 0.3 is 5.97 Å². The van der Waals surface area contributed by atoms with Gasteiger partial charge in [0.15, 0.2) is 18.0 Å². The minimum Gasteiger partial charge on any atom is -0.480 e. The van der Waals surface area contributed by atoms with E-state index in [9.17, 15) is 9.59 Å². The van der Waals surface area contributed by atoms with Crippen LogP contribution in [0.25, 0.3) is 5.65 Å². The van der Waals surface area contributed by atoms with E-state index in [2.05, 4.69) is 4.98 Å². The van der Waals surface area contributed by atoms with Crippen LogP contribution in [-0.4, -0.2) is 50.5 Å². The predicted octanol–water partition coefficient (Wildman–Crippen LogP) is 1.10. The number of carboxylic acid groups (broad SMARTS) is 1. The Labute approximate surface area is 127 Å². The van der Waals surface area contributed by atoms with Crippen molar-refractivity contribution in [1.29, 1.82) is 0 Å². The number of carbonyl (C=O) groups excluding carboxylic acids is 1. The number of aryl methyl sites for hydroxylation is 1. The Morgan fingerprint density at radius 2 is 2.32 bits per heavy atom. The molecule has 1 fully saturated rings. The molecule has 116 valence electrons. The van der Waals surface area contributed by atoms with E-state index in [0.717, 1.165) is 5.69 Å². The number of carboxylic acids is 1. The molecule has 1 N–H and O–H groups in total. The van der Waals surface area contributed by atoms with Gasteiger partial charge in [-0.05, 0) is 31.9 Å². The molecule has 2 aromatic rings. The Bertz CT molecular complexity index is 725. The largest absolute Gasteiger partial charge is 0.480 e. The van der Waals surface area contributed by atoms with Gasteiger partial charge in [0, 0.05) is 18.9 Å². The third-order valence-electron chi connectivity index (χ3n) is 3.78. The van der Waals surface area contributed by atoms with Crippen molar-refractivity contribution < 1.29 is 19.4 Å². The molecule has 0 aromatic carbocycles. The minimum atomic E-state index is -0.961. The number of amides is 1. The molecule has 1 amide bonds. The number of pyridine rings is 1. The zero-order valence-corrected chi connectivity index (χ0v) is 12.2. The summed E-state index contributed by atoms with van der Waals surface area (Å²) in [6.07, 6.45) is 4.92. The van der Waals surface area contributed by atoms with Crippen LogP contribution in [0.3, 0.4) is 0 Å². The van der Waals surface area contributed by atoms with Crippen molar-refractivity contribution in [3.05, 3.63) is 30.2 Å². The van der Waals surface area contributed by atoms with E-state index in [4.69, 9.17) is 9.84 Å². The van der Waals surface area contributed by atoms with Gasteiger partial charge in [-0.2, -0.15) is 0 Å². The van der Waals surface area contributed by atoms with Gasteiger partial charge in [-0.3, -0.25) is 4.79 Å². The van der Waals surface area contributed by atoms with Gasteiger partial charge in [-0.15, -0.1) is 0 Å². The SMILES string of the molecule is Cc1cn2cccc(OCC(=O)N3CCCC3C(=O)O)c2n1. The van der Waals surface area contributed by atoms with E-state index in [1.807, 2.05) is 29.8 Å². The van der Waals surface area contributed by atoms with E-state index in [1.165, 1.54) is 4.90 Å². The highest BCUT2D eigenvalue weighted by atomic mass is 16.5. The smallest absolute Gasteiger partial charge is 0.326 e. The molecule has 0 aliphatic carbocycles. The van der Waals surface area contributed by atoms with Crippen molar-refractivity contribution in [3.63, 3.8) is 0 Å². The van der Waals surface area contributed by atoms with E-state index < -0.39 is 12.0 Å². The summed E-state index contributed by atoms with van der Waals surface area (Å²) in [5.74, 6) is -0.762. The summed E-state index contributed by atoms with van der Waals surface area (Å²) in [6, 6.07) is 2.82. The molecule has 1 saturated heterocycles. The van der Waals surface area contributed by atoms with Gasteiger partial charge in [0.1, 0.15) is 6.04 Å². The van der Waals surface area contributed by atoms with Crippen molar-refractivity contribution in [1.82, 2.24) is 14.3 Å². The molecule has 2 aromatic heterocycles. The van der Waals surface area contributed by atoms with E-state index >= 15 is 0 Å². The van der Waals surface area contributed by atoms with Crippen molar-refractivity contribution in [2.45, 2.75) is 25.8 Å². The van der Waals surface area contributed by atoms with Gasteiger partial charge < -0.3 is 19.1 Å². The van der Waals surface area contributed by atoms with E-state index in [0.29, 0.717) is 30.8 Å². The third-order valence-corrected chi connectivity index (χ3v) is 3.78. The lowest BCUT2D eigenvalue weighted by molar-refractivity contribution is -0.148. The van der Waals surface area contributed by atoms with Crippen LogP contribution >= 0.6 is 0 Å². The standard InChI is InChI=1S/C15H17N3O4/c1-10-8-17-6-3-5-12(14(17)16-10)22-9-13(19)18-7-2-4-11(18)15(20)21/h3,5-6,8,11H,2,4,7,9H2,1H3,(H,20,21). The predicted molar refractivity (Wildman–Crippen MR) is 77.8 cm³/mol. The Kier molecular flexibility index (Phi) is 3.70. The Balaban J connectivity index is 1.71. The zero-order valence-electron chi connectivity index (χ0n) is 12.2. The summed E-state index contributed by atoms with van der Waals surface area (Å²) >= 11 is 0. The molecule has 22 heavy (non-hydrogen) atoms. The van der Waals surface area contributed by atoms with E-state index in [-0.39, 0.29) is 12.5 Å². The molecule has 1 atom stereocenters. The first-order valence-electron chi connectivity index (χ1n) is 7.15. The molecule has 1 unspecified atom stereocenters. The first-order chi connectivity index (χ1) is 10.6. The molecule has 0 radical (unpaired) electrons. The number of carbonyl (C=O) groups is 2. The number of hydrogen-bond acceptors (Lipinski definition) is 4. The first-order valence-corrected chi connectivity index (χ1v) is 7.15. The fourth-order valence-electron chi connectivity index (χ4n) is 2.77. The highest BCUT2D eigenvalue weighted by Crippen LogP contribution is 2.21. The average molecular weight is 303 g/mol. The average Bonchev–Trinajstić information content (AvgIpc) is 3.09. The van der Waals surface area contributed by atoms with Crippen LogP contribution in [-0.2, 0) is 9.59 Å². The number of ether oxygens (including phenoxy) is 1. The van der Waals surface area contributed by atoms with Crippen LogP contribution in [0, 0.1) is 6.92 Å². The number of rotatable bonds is 4. The second-order valence-corrected chi connectivity index (χ2v) is 5.36. The summed E-state index contributed by atoms with van der Waals surface area (Å²) < 4.78 is 7.39. The lowest BCUT2D eigenvalue weighted by atomic mass is 10.2. The molecule has 0 spiro atoms. The van der Waals surface area contributed by atoms with Gasteiger partial charge in [0.05, 0.1) is 5.69 Å². The van der Waals surface area contributed by atoms with Crippen LogP contribution in [0.2, 0.25) is 0 Å². The number of imidazole rings is 1. The molecule has 7 heteroatoms. The van der Waals surface area contributed by atoms with Crippen molar-refractivity contribution in [3.8, 4) is 5.75 Å². The Morgan fingerprint density at radius 3 is 3.09 bits per heavy atom. The molecular formula is C15H17N3O4. The van der Waals surface area contributed by atoms with Crippen LogP contribution in [0.1, 0.15) is 18.5 Å². The molecule has 3 heterocycles. The third kappa shape index (κ3) is 2.61. The maximum Gasteiger partial charge on any atom is 0.326 e. The zero-order chi connectivity index (χ0) is 15.7. The Morgan fingerprint density at radius 1 is 1.50 bits per heavy atom. The topological polar surface area (TPSA) is 84.1 Å². The van der Waals surface area contributed by atoms with Crippen molar-refractivity contribution in [2.75, 3.05) is 13.2 Å². The van der Waals surface area contributed by atoms with Gasteiger partial charge in [0.2, 0.25) is 0 Å². The summed E-state index contributed by atoms with van der Waals surface area (Å²) in [7, 11) is 0. The van der Waals surface area contributed by atoms with E-state index in [1.54, 1.807) is 6.07 Å². The number of likely N-dealkylation sites (tertiary alicyclic amines) is 1. The fourth-order valence-corrected chi connectivity index (χ4v) is 2.77. The Hall–Kier alpha value is -2.57. The molecular weight excluding hydrogens is 286 g/mol. The number of nitrogens with zero attached hydrogens (tertiary/aromatic N) is 3. The maximum absolute atomic E-state index is 12.2. The van der Waals surface area contributed by atoms with Crippen LogP contribution in [0.4, 0.5) is 0 Å². The maximum atomic E-state index is 12.2. The number of fused-ring (bicyclic) bond motifs is 1. The van der Waals surface area contributed by atoms with Gasteiger partial charge in [-0.25, -0.2) is 9.78 Å². The molecule has 1 aliphatic heterocycles. The van der Waals surface area contributed by atoms with Crippen LogP contribution in [0.15, 0.2) is 24.5 Å². The lowest BCUT2D eigenvalue weighted by Gasteiger charge is -2.21. The summed E-state index contributed by atoms with van der Waals surface area (Å²) in [5, 5.41) is 9.11. The molecule has 0 saturated carbocycles. The first kappa shape index (κ1) is 14.4. The quantitative estimate of drug-likeness (QED) is 0.914. The lowest BCUT2D eigenvalue weighted by Crippen LogP contribution is -2.42. The van der Waals surface area contributed by atoms with Crippen molar-refractivity contribution >= 4 is 17.5 Å². The molecule has 1 aliphatic rings.